The molecule has 2 aliphatic heterocycles. The molecule has 2 heterocycles. The zero-order valence-corrected chi connectivity index (χ0v) is 21.5. The Balaban J connectivity index is 1.71. The van der Waals surface area contributed by atoms with E-state index in [1.807, 2.05) is 56.3 Å². The Hall–Kier alpha value is -3.16. The maximum atomic E-state index is 13.3. The molecule has 0 radical (unpaired) electrons. The summed E-state index contributed by atoms with van der Waals surface area (Å²) in [5.41, 5.74) is 3.29. The lowest BCUT2D eigenvalue weighted by Gasteiger charge is -2.31. The Bertz CT molecular complexity index is 1120. The van der Waals surface area contributed by atoms with E-state index in [2.05, 4.69) is 11.8 Å². The van der Waals surface area contributed by atoms with Crippen LogP contribution in [0.5, 0.6) is 5.75 Å². The average molecular weight is 493 g/mol. The number of amides is 1. The van der Waals surface area contributed by atoms with Gasteiger partial charge in [-0.25, -0.2) is 0 Å². The summed E-state index contributed by atoms with van der Waals surface area (Å²) in [6.45, 7) is 10.5. The molecule has 7 heteroatoms. The van der Waals surface area contributed by atoms with E-state index in [-0.39, 0.29) is 11.3 Å². The number of hydrogen-bond donors (Lipinski definition) is 1. The highest BCUT2D eigenvalue weighted by Crippen LogP contribution is 2.40. The average Bonchev–Trinajstić information content (AvgIpc) is 3.14. The molecule has 2 saturated heterocycles. The molecule has 192 valence electrons. The summed E-state index contributed by atoms with van der Waals surface area (Å²) in [4.78, 5) is 30.4. The van der Waals surface area contributed by atoms with E-state index in [4.69, 9.17) is 9.47 Å². The first-order valence-corrected chi connectivity index (χ1v) is 12.8. The number of ether oxygens (including phenoxy) is 2. The smallest absolute Gasteiger partial charge is 0.295 e. The lowest BCUT2D eigenvalue weighted by Crippen LogP contribution is -2.42. The van der Waals surface area contributed by atoms with Gasteiger partial charge in [0, 0.05) is 31.7 Å². The van der Waals surface area contributed by atoms with Crippen LogP contribution in [0.2, 0.25) is 0 Å². The Morgan fingerprint density at radius 2 is 1.78 bits per heavy atom. The number of nitrogens with zero attached hydrogens (tertiary/aromatic N) is 2. The minimum atomic E-state index is -0.671. The molecule has 0 saturated carbocycles. The summed E-state index contributed by atoms with van der Waals surface area (Å²) in [5.74, 6) is -0.615. The van der Waals surface area contributed by atoms with Gasteiger partial charge >= 0.3 is 0 Å². The zero-order valence-electron chi connectivity index (χ0n) is 21.5. The number of aryl methyl sites for hydroxylation is 2. The summed E-state index contributed by atoms with van der Waals surface area (Å²) in [6, 6.07) is 12.6. The highest BCUT2D eigenvalue weighted by Gasteiger charge is 2.46. The number of carbonyl (C=O) groups is 2. The van der Waals surface area contributed by atoms with Gasteiger partial charge in [-0.15, -0.1) is 0 Å². The van der Waals surface area contributed by atoms with Crippen molar-refractivity contribution in [3.05, 3.63) is 70.3 Å². The Morgan fingerprint density at radius 3 is 2.47 bits per heavy atom. The molecule has 4 rings (SSSR count). The number of ketones is 1. The normalized spacial score (nSPS) is 20.2. The molecule has 0 spiro atoms. The highest BCUT2D eigenvalue weighted by atomic mass is 16.5. The van der Waals surface area contributed by atoms with Crippen molar-refractivity contribution in [1.82, 2.24) is 9.80 Å². The number of aliphatic hydroxyl groups excluding tert-OH is 1. The fourth-order valence-electron chi connectivity index (χ4n) is 4.75. The lowest BCUT2D eigenvalue weighted by molar-refractivity contribution is -0.140. The number of likely N-dealkylation sites (tertiary alicyclic amines) is 1. The molecule has 2 aliphatic rings. The van der Waals surface area contributed by atoms with Gasteiger partial charge in [0.05, 0.1) is 31.4 Å². The van der Waals surface area contributed by atoms with Gasteiger partial charge in [-0.2, -0.15) is 0 Å². The Kier molecular flexibility index (Phi) is 8.44. The van der Waals surface area contributed by atoms with Crippen molar-refractivity contribution in [2.45, 2.75) is 39.7 Å². The zero-order chi connectivity index (χ0) is 25.7. The molecule has 2 aromatic rings. The number of hydrogen-bond acceptors (Lipinski definition) is 6. The third-order valence-electron chi connectivity index (χ3n) is 6.91. The second kappa shape index (κ2) is 11.7. The van der Waals surface area contributed by atoms with Gasteiger partial charge < -0.3 is 19.5 Å². The number of morpholine rings is 1. The summed E-state index contributed by atoms with van der Waals surface area (Å²) >= 11 is 0. The van der Waals surface area contributed by atoms with Crippen molar-refractivity contribution in [2.75, 3.05) is 46.0 Å². The van der Waals surface area contributed by atoms with Gasteiger partial charge in [-0.3, -0.25) is 14.5 Å². The molecule has 0 aliphatic carbocycles. The largest absolute Gasteiger partial charge is 0.507 e. The molecular weight excluding hydrogens is 456 g/mol. The van der Waals surface area contributed by atoms with Crippen LogP contribution in [0.15, 0.2) is 48.0 Å². The quantitative estimate of drug-likeness (QED) is 0.244. The van der Waals surface area contributed by atoms with Crippen LogP contribution >= 0.6 is 0 Å². The van der Waals surface area contributed by atoms with Gasteiger partial charge in [0.25, 0.3) is 11.7 Å². The molecular formula is C29H36N2O5. The first-order valence-electron chi connectivity index (χ1n) is 12.8. The molecule has 0 aromatic heterocycles. The molecule has 1 N–H and O–H groups in total. The van der Waals surface area contributed by atoms with Gasteiger partial charge in [0.2, 0.25) is 0 Å². The first-order chi connectivity index (χ1) is 17.4. The second-order valence-corrected chi connectivity index (χ2v) is 9.54. The topological polar surface area (TPSA) is 79.3 Å². The first kappa shape index (κ1) is 25.9. The molecule has 1 atom stereocenters. The van der Waals surface area contributed by atoms with E-state index in [1.54, 1.807) is 4.90 Å². The maximum Gasteiger partial charge on any atom is 0.295 e. The Morgan fingerprint density at radius 1 is 1.06 bits per heavy atom. The number of unbranched alkanes of at least 4 members (excludes halogenated alkanes) is 1. The van der Waals surface area contributed by atoms with Crippen LogP contribution in [0.25, 0.3) is 5.76 Å². The molecule has 2 fully saturated rings. The van der Waals surface area contributed by atoms with Gasteiger partial charge in [0.1, 0.15) is 11.5 Å². The monoisotopic (exact) mass is 492 g/mol. The summed E-state index contributed by atoms with van der Waals surface area (Å²) in [6.07, 6.45) is 2.02. The predicted molar refractivity (Wildman–Crippen MR) is 139 cm³/mol. The van der Waals surface area contributed by atoms with Crippen LogP contribution in [0.3, 0.4) is 0 Å². The predicted octanol–water partition coefficient (Wildman–Crippen LogP) is 4.24. The van der Waals surface area contributed by atoms with Crippen LogP contribution in [0, 0.1) is 13.8 Å². The van der Waals surface area contributed by atoms with Crippen LogP contribution in [0.1, 0.15) is 48.1 Å². The number of aliphatic hydroxyl groups is 1. The molecule has 0 bridgehead atoms. The van der Waals surface area contributed by atoms with Crippen molar-refractivity contribution in [3.63, 3.8) is 0 Å². The van der Waals surface area contributed by atoms with E-state index in [1.165, 1.54) is 0 Å². The summed E-state index contributed by atoms with van der Waals surface area (Å²) in [7, 11) is 0. The standard InChI is InChI=1S/C29H36N2O5/c1-4-5-16-36-23-10-8-22(9-11-23)26-25(27(32)24-19-20(2)6-7-21(24)3)28(33)29(34)31(26)13-12-30-14-17-35-18-15-30/h6-11,19,26,32H,4-5,12-18H2,1-3H3. The summed E-state index contributed by atoms with van der Waals surface area (Å²) in [5, 5.41) is 11.4. The van der Waals surface area contributed by atoms with Crippen LogP contribution < -0.4 is 4.74 Å². The van der Waals surface area contributed by atoms with Crippen LogP contribution in [-0.4, -0.2) is 72.6 Å². The van der Waals surface area contributed by atoms with E-state index in [9.17, 15) is 14.7 Å². The van der Waals surface area contributed by atoms with E-state index in [0.717, 1.165) is 48.4 Å². The number of carbonyl (C=O) groups excluding carboxylic acids is 2. The van der Waals surface area contributed by atoms with Crippen molar-refractivity contribution >= 4 is 17.4 Å². The minimum absolute atomic E-state index is 0.128. The highest BCUT2D eigenvalue weighted by molar-refractivity contribution is 6.46. The van der Waals surface area contributed by atoms with Crippen molar-refractivity contribution in [2.24, 2.45) is 0 Å². The lowest BCUT2D eigenvalue weighted by atomic mass is 9.93. The second-order valence-electron chi connectivity index (χ2n) is 9.54. The molecule has 1 amide bonds. The van der Waals surface area contributed by atoms with Crippen molar-refractivity contribution in [3.8, 4) is 5.75 Å². The third-order valence-corrected chi connectivity index (χ3v) is 6.91. The fourth-order valence-corrected chi connectivity index (χ4v) is 4.75. The van der Waals surface area contributed by atoms with E-state index >= 15 is 0 Å². The molecule has 36 heavy (non-hydrogen) atoms. The van der Waals surface area contributed by atoms with Crippen molar-refractivity contribution in [1.29, 1.82) is 0 Å². The fraction of sp³-hybridized carbons (Fsp3) is 0.448. The van der Waals surface area contributed by atoms with E-state index < -0.39 is 17.7 Å². The minimum Gasteiger partial charge on any atom is -0.507 e. The third kappa shape index (κ3) is 5.63. The van der Waals surface area contributed by atoms with Gasteiger partial charge in [-0.1, -0.05) is 43.2 Å². The summed E-state index contributed by atoms with van der Waals surface area (Å²) < 4.78 is 11.2. The number of Topliss-reactive ketones (excluding diaryl/α,β-unsaturated/α-hetero) is 1. The SMILES string of the molecule is CCCCOc1ccc(C2C(=C(O)c3cc(C)ccc3C)C(=O)C(=O)N2CCN2CCOCC2)cc1. The maximum absolute atomic E-state index is 13.3. The van der Waals surface area contributed by atoms with E-state index in [0.29, 0.717) is 38.5 Å². The van der Waals surface area contributed by atoms with Gasteiger partial charge in [0.15, 0.2) is 0 Å². The molecule has 2 aromatic carbocycles. The molecule has 1 unspecified atom stereocenters. The van der Waals surface area contributed by atoms with Gasteiger partial charge in [-0.05, 0) is 49.6 Å². The number of rotatable bonds is 9. The Labute approximate surface area is 213 Å². The molecule has 7 nitrogen and oxygen atoms in total. The van der Waals surface area contributed by atoms with Crippen LogP contribution in [-0.2, 0) is 14.3 Å². The van der Waals surface area contributed by atoms with Crippen molar-refractivity contribution < 1.29 is 24.2 Å². The number of benzene rings is 2. The van der Waals surface area contributed by atoms with Crippen LogP contribution in [0.4, 0.5) is 0 Å².